The number of benzene rings is 1. The third kappa shape index (κ3) is 3.22. The van der Waals surface area contributed by atoms with Crippen molar-refractivity contribution in [2.45, 2.75) is 13.8 Å². The summed E-state index contributed by atoms with van der Waals surface area (Å²) in [7, 11) is 1.64. The van der Waals surface area contributed by atoms with E-state index < -0.39 is 0 Å². The summed E-state index contributed by atoms with van der Waals surface area (Å²) in [6.45, 7) is 3.89. The Morgan fingerprint density at radius 3 is 2.74 bits per heavy atom. The lowest BCUT2D eigenvalue weighted by Gasteiger charge is -2.17. The normalized spacial score (nSPS) is 11.2. The number of carbonyl (C=O) groups excluding carboxylic acids is 2. The molecule has 3 aromatic heterocycles. The first-order chi connectivity index (χ1) is 12.9. The number of imidazole rings is 1. The molecule has 0 spiro atoms. The van der Waals surface area contributed by atoms with Crippen LogP contribution in [0.15, 0.2) is 35.8 Å². The Hall–Kier alpha value is -2.71. The lowest BCUT2D eigenvalue weighted by atomic mass is 10.1. The van der Waals surface area contributed by atoms with Crippen molar-refractivity contribution in [1.82, 2.24) is 14.3 Å². The quantitative estimate of drug-likeness (QED) is 0.566. The van der Waals surface area contributed by atoms with E-state index in [1.165, 1.54) is 16.2 Å². The van der Waals surface area contributed by atoms with Gasteiger partial charge in [0, 0.05) is 24.3 Å². The summed E-state index contributed by atoms with van der Waals surface area (Å²) in [6.07, 6.45) is 1.94. The van der Waals surface area contributed by atoms with Gasteiger partial charge in [-0.1, -0.05) is 18.2 Å². The molecule has 0 aliphatic heterocycles. The number of aromatic nitrogens is 2. The predicted molar refractivity (Wildman–Crippen MR) is 110 cm³/mol. The first-order valence-electron chi connectivity index (χ1n) is 8.40. The maximum Gasteiger partial charge on any atom is 0.264 e. The summed E-state index contributed by atoms with van der Waals surface area (Å²) in [4.78, 5) is 33.4. The van der Waals surface area contributed by atoms with E-state index in [4.69, 9.17) is 0 Å². The van der Waals surface area contributed by atoms with Crippen LogP contribution in [0.25, 0.3) is 15.3 Å². The molecule has 3 heterocycles. The molecule has 0 aliphatic carbocycles. The molecule has 2 amide bonds. The molecule has 0 aliphatic rings. The number of fused-ring (bicyclic) bond motifs is 3. The molecule has 4 aromatic rings. The summed E-state index contributed by atoms with van der Waals surface area (Å²) < 4.78 is 1.97. The first-order valence-corrected chi connectivity index (χ1v) is 10.1. The average Bonchev–Trinajstić information content (AvgIpc) is 3.29. The van der Waals surface area contributed by atoms with Gasteiger partial charge in [-0.3, -0.25) is 14.0 Å². The van der Waals surface area contributed by atoms with E-state index in [9.17, 15) is 9.59 Å². The summed E-state index contributed by atoms with van der Waals surface area (Å²) in [6, 6.07) is 7.69. The number of rotatable bonds is 4. The number of hydrogen-bond donors (Lipinski definition) is 1. The molecule has 0 atom stereocenters. The van der Waals surface area contributed by atoms with Crippen LogP contribution in [-0.4, -0.2) is 39.7 Å². The maximum atomic E-state index is 12.7. The number of thiazole rings is 1. The monoisotopic (exact) mass is 398 g/mol. The predicted octanol–water partition coefficient (Wildman–Crippen LogP) is 3.94. The minimum absolute atomic E-state index is 0.0108. The van der Waals surface area contributed by atoms with E-state index in [-0.39, 0.29) is 18.4 Å². The largest absolute Gasteiger partial charge is 0.332 e. The van der Waals surface area contributed by atoms with E-state index >= 15 is 0 Å². The van der Waals surface area contributed by atoms with Crippen LogP contribution in [-0.2, 0) is 4.79 Å². The number of carbonyl (C=O) groups is 2. The fraction of sp³-hybridized carbons (Fsp3) is 0.211. The lowest BCUT2D eigenvalue weighted by molar-refractivity contribution is -0.116. The molecule has 0 unspecified atom stereocenters. The van der Waals surface area contributed by atoms with Crippen LogP contribution < -0.4 is 5.32 Å². The van der Waals surface area contributed by atoms with Crippen LogP contribution in [0.2, 0.25) is 0 Å². The van der Waals surface area contributed by atoms with Crippen molar-refractivity contribution in [3.05, 3.63) is 51.8 Å². The first kappa shape index (κ1) is 17.7. The molecule has 138 valence electrons. The second-order valence-electron chi connectivity index (χ2n) is 6.44. The van der Waals surface area contributed by atoms with Crippen LogP contribution in [0.5, 0.6) is 0 Å². The summed E-state index contributed by atoms with van der Waals surface area (Å²) in [5.41, 5.74) is 3.72. The minimum Gasteiger partial charge on any atom is -0.332 e. The van der Waals surface area contributed by atoms with Gasteiger partial charge in [0.25, 0.3) is 5.91 Å². The smallest absolute Gasteiger partial charge is 0.264 e. The second kappa shape index (κ2) is 6.79. The Morgan fingerprint density at radius 2 is 2.00 bits per heavy atom. The second-order valence-corrected chi connectivity index (χ2v) is 8.35. The van der Waals surface area contributed by atoms with E-state index in [2.05, 4.69) is 10.3 Å². The lowest BCUT2D eigenvalue weighted by Crippen LogP contribution is -2.34. The standard InChI is InChI=1S/C19H18N4O2S2/c1-11-5-4-6-12(2)16(11)20-15(24)10-22(3)18(25)14-9-13-17(27-14)21-19-23(13)7-8-26-19/h4-9H,10H2,1-3H3,(H,20,24). The number of thiophene rings is 1. The van der Waals surface area contributed by atoms with Crippen LogP contribution in [0, 0.1) is 13.8 Å². The Morgan fingerprint density at radius 1 is 1.26 bits per heavy atom. The molecule has 0 fully saturated rings. The highest BCUT2D eigenvalue weighted by atomic mass is 32.1. The molecule has 1 N–H and O–H groups in total. The molecule has 0 saturated carbocycles. The van der Waals surface area contributed by atoms with Crippen molar-refractivity contribution < 1.29 is 9.59 Å². The molecule has 6 nitrogen and oxygen atoms in total. The van der Waals surface area contributed by atoms with Crippen molar-refractivity contribution in [2.24, 2.45) is 0 Å². The van der Waals surface area contributed by atoms with Crippen molar-refractivity contribution in [3.63, 3.8) is 0 Å². The summed E-state index contributed by atoms with van der Waals surface area (Å²) in [5, 5.41) is 4.88. The fourth-order valence-corrected chi connectivity index (χ4v) is 4.81. The zero-order valence-corrected chi connectivity index (χ0v) is 16.8. The molecule has 8 heteroatoms. The van der Waals surface area contributed by atoms with Crippen molar-refractivity contribution >= 4 is 55.5 Å². The fourth-order valence-electron chi connectivity index (χ4n) is 3.02. The van der Waals surface area contributed by atoms with Gasteiger partial charge in [-0.05, 0) is 31.0 Å². The van der Waals surface area contributed by atoms with E-state index in [0.29, 0.717) is 4.88 Å². The molecule has 4 rings (SSSR count). The number of amides is 2. The average molecular weight is 399 g/mol. The van der Waals surface area contributed by atoms with Gasteiger partial charge in [0.15, 0.2) is 4.96 Å². The summed E-state index contributed by atoms with van der Waals surface area (Å²) in [5.74, 6) is -0.398. The van der Waals surface area contributed by atoms with Gasteiger partial charge in [-0.2, -0.15) is 0 Å². The number of nitrogens with zero attached hydrogens (tertiary/aromatic N) is 3. The van der Waals surface area contributed by atoms with Crippen LogP contribution in [0.4, 0.5) is 5.69 Å². The Labute approximate surface area is 164 Å². The third-order valence-electron chi connectivity index (χ3n) is 4.42. The zero-order valence-electron chi connectivity index (χ0n) is 15.1. The molecule has 1 aromatic carbocycles. The highest BCUT2D eigenvalue weighted by molar-refractivity contribution is 7.21. The molecular weight excluding hydrogens is 380 g/mol. The molecule has 0 bridgehead atoms. The zero-order chi connectivity index (χ0) is 19.1. The SMILES string of the molecule is Cc1cccc(C)c1NC(=O)CN(C)C(=O)c1cc2c(nc3sccn32)s1. The van der Waals surface area contributed by atoms with Gasteiger partial charge in [0.1, 0.15) is 4.83 Å². The molecular formula is C19H18N4O2S2. The van der Waals surface area contributed by atoms with Crippen molar-refractivity contribution in [3.8, 4) is 0 Å². The Balaban J connectivity index is 1.48. The molecule has 0 radical (unpaired) electrons. The Kier molecular flexibility index (Phi) is 4.45. The van der Waals surface area contributed by atoms with Crippen LogP contribution in [0.3, 0.4) is 0 Å². The number of likely N-dealkylation sites (N-methyl/N-ethyl adjacent to an activating group) is 1. The van der Waals surface area contributed by atoms with Crippen LogP contribution >= 0.6 is 22.7 Å². The number of nitrogens with one attached hydrogen (secondary N) is 1. The van der Waals surface area contributed by atoms with Gasteiger partial charge >= 0.3 is 0 Å². The van der Waals surface area contributed by atoms with Gasteiger partial charge in [0.05, 0.1) is 16.9 Å². The van der Waals surface area contributed by atoms with E-state index in [0.717, 1.165) is 32.1 Å². The third-order valence-corrected chi connectivity index (χ3v) is 6.19. The minimum atomic E-state index is -0.216. The Bertz CT molecular complexity index is 1150. The van der Waals surface area contributed by atoms with Gasteiger partial charge in [0.2, 0.25) is 5.91 Å². The van der Waals surface area contributed by atoms with Gasteiger partial charge in [-0.15, -0.1) is 22.7 Å². The molecule has 0 saturated heterocycles. The number of hydrogen-bond acceptors (Lipinski definition) is 5. The number of para-hydroxylation sites is 1. The van der Waals surface area contributed by atoms with Gasteiger partial charge < -0.3 is 10.2 Å². The number of aryl methyl sites for hydroxylation is 2. The van der Waals surface area contributed by atoms with Crippen molar-refractivity contribution in [1.29, 1.82) is 0 Å². The van der Waals surface area contributed by atoms with E-state index in [1.54, 1.807) is 18.4 Å². The van der Waals surface area contributed by atoms with Crippen LogP contribution in [0.1, 0.15) is 20.8 Å². The maximum absolute atomic E-state index is 12.7. The van der Waals surface area contributed by atoms with E-state index in [1.807, 2.05) is 54.1 Å². The van der Waals surface area contributed by atoms with Gasteiger partial charge in [-0.25, -0.2) is 4.98 Å². The van der Waals surface area contributed by atoms with Crippen molar-refractivity contribution in [2.75, 3.05) is 18.9 Å². The highest BCUT2D eigenvalue weighted by Gasteiger charge is 2.20. The topological polar surface area (TPSA) is 66.7 Å². The summed E-state index contributed by atoms with van der Waals surface area (Å²) >= 11 is 2.91. The highest BCUT2D eigenvalue weighted by Crippen LogP contribution is 2.29. The molecule has 27 heavy (non-hydrogen) atoms. The number of anilines is 1.